The number of nitro groups is 1. The number of nitro benzene ring substituents is 1. The van der Waals surface area contributed by atoms with Gasteiger partial charge in [0.05, 0.1) is 4.92 Å². The highest BCUT2D eigenvalue weighted by atomic mass is 19.1. The van der Waals surface area contributed by atoms with Gasteiger partial charge < -0.3 is 5.73 Å². The summed E-state index contributed by atoms with van der Waals surface area (Å²) in [6.45, 7) is 0. The van der Waals surface area contributed by atoms with E-state index in [0.717, 1.165) is 18.2 Å². The number of amides is 1. The SMILES string of the molecule is NC(=O)C=Cc1cccc([N+](=O)[O-])c1F. The van der Waals surface area contributed by atoms with Crippen LogP contribution in [0.15, 0.2) is 24.3 Å². The predicted octanol–water partition coefficient (Wildman–Crippen LogP) is 1.23. The monoisotopic (exact) mass is 210 g/mol. The molecule has 0 heterocycles. The molecule has 0 atom stereocenters. The summed E-state index contributed by atoms with van der Waals surface area (Å²) in [7, 11) is 0. The molecule has 15 heavy (non-hydrogen) atoms. The molecule has 1 aromatic carbocycles. The van der Waals surface area contributed by atoms with Crippen molar-refractivity contribution in [1.29, 1.82) is 0 Å². The number of halogens is 1. The summed E-state index contributed by atoms with van der Waals surface area (Å²) in [5.41, 5.74) is 4.12. The summed E-state index contributed by atoms with van der Waals surface area (Å²) in [6, 6.07) is 3.67. The molecule has 0 fully saturated rings. The van der Waals surface area contributed by atoms with Crippen molar-refractivity contribution in [2.45, 2.75) is 0 Å². The van der Waals surface area contributed by atoms with Crippen LogP contribution in [0, 0.1) is 15.9 Å². The summed E-state index contributed by atoms with van der Waals surface area (Å²) in [5.74, 6) is -1.74. The Hall–Kier alpha value is -2.24. The van der Waals surface area contributed by atoms with E-state index in [9.17, 15) is 19.3 Å². The lowest BCUT2D eigenvalue weighted by molar-refractivity contribution is -0.387. The topological polar surface area (TPSA) is 86.2 Å². The highest BCUT2D eigenvalue weighted by molar-refractivity contribution is 5.90. The molecular weight excluding hydrogens is 203 g/mol. The van der Waals surface area contributed by atoms with Gasteiger partial charge in [-0.15, -0.1) is 0 Å². The molecule has 1 rings (SSSR count). The van der Waals surface area contributed by atoms with E-state index in [0.29, 0.717) is 0 Å². The number of nitrogens with zero attached hydrogens (tertiary/aromatic N) is 1. The van der Waals surface area contributed by atoms with Crippen LogP contribution >= 0.6 is 0 Å². The average molecular weight is 210 g/mol. The molecular formula is C9H7FN2O3. The van der Waals surface area contributed by atoms with Gasteiger partial charge in [-0.05, 0) is 6.08 Å². The van der Waals surface area contributed by atoms with Crippen LogP contribution < -0.4 is 5.73 Å². The van der Waals surface area contributed by atoms with E-state index in [2.05, 4.69) is 0 Å². The van der Waals surface area contributed by atoms with Crippen molar-refractivity contribution in [3.8, 4) is 0 Å². The third-order valence-corrected chi connectivity index (χ3v) is 1.63. The smallest absolute Gasteiger partial charge is 0.305 e. The van der Waals surface area contributed by atoms with E-state index in [4.69, 9.17) is 5.73 Å². The zero-order valence-corrected chi connectivity index (χ0v) is 7.51. The standard InChI is InChI=1S/C9H7FN2O3/c10-9-6(4-5-8(11)13)2-1-3-7(9)12(14)15/h1-5H,(H2,11,13). The van der Waals surface area contributed by atoms with E-state index < -0.39 is 22.3 Å². The van der Waals surface area contributed by atoms with Gasteiger partial charge in [-0.1, -0.05) is 12.1 Å². The largest absolute Gasteiger partial charge is 0.366 e. The second-order valence-electron chi connectivity index (χ2n) is 2.67. The van der Waals surface area contributed by atoms with Crippen molar-refractivity contribution in [1.82, 2.24) is 0 Å². The minimum Gasteiger partial charge on any atom is -0.366 e. The molecule has 0 bridgehead atoms. The second kappa shape index (κ2) is 4.32. The quantitative estimate of drug-likeness (QED) is 0.462. The van der Waals surface area contributed by atoms with E-state index >= 15 is 0 Å². The van der Waals surface area contributed by atoms with E-state index in [1.165, 1.54) is 12.1 Å². The lowest BCUT2D eigenvalue weighted by Gasteiger charge is -1.97. The Morgan fingerprint density at radius 3 is 2.73 bits per heavy atom. The first-order chi connectivity index (χ1) is 7.02. The minimum absolute atomic E-state index is 0.0528. The third kappa shape index (κ3) is 2.60. The number of hydrogen-bond donors (Lipinski definition) is 1. The Kier molecular flexibility index (Phi) is 3.12. The van der Waals surface area contributed by atoms with E-state index in [1.807, 2.05) is 0 Å². The maximum absolute atomic E-state index is 13.3. The second-order valence-corrected chi connectivity index (χ2v) is 2.67. The fourth-order valence-corrected chi connectivity index (χ4v) is 0.979. The zero-order valence-electron chi connectivity index (χ0n) is 7.51. The van der Waals surface area contributed by atoms with Crippen molar-refractivity contribution >= 4 is 17.7 Å². The lowest BCUT2D eigenvalue weighted by atomic mass is 10.1. The highest BCUT2D eigenvalue weighted by Gasteiger charge is 2.15. The summed E-state index contributed by atoms with van der Waals surface area (Å²) in [6.07, 6.45) is 2.02. The number of carbonyl (C=O) groups excluding carboxylic acids is 1. The Morgan fingerprint density at radius 2 is 2.20 bits per heavy atom. The normalized spacial score (nSPS) is 10.5. The Morgan fingerprint density at radius 1 is 1.53 bits per heavy atom. The molecule has 0 aromatic heterocycles. The lowest BCUT2D eigenvalue weighted by Crippen LogP contribution is -2.05. The van der Waals surface area contributed by atoms with Crippen LogP contribution in [-0.2, 0) is 4.79 Å². The fourth-order valence-electron chi connectivity index (χ4n) is 0.979. The molecule has 0 saturated heterocycles. The van der Waals surface area contributed by atoms with Crippen LogP contribution in [-0.4, -0.2) is 10.8 Å². The zero-order chi connectivity index (χ0) is 11.4. The first-order valence-electron chi connectivity index (χ1n) is 3.93. The van der Waals surface area contributed by atoms with Gasteiger partial charge in [0, 0.05) is 17.7 Å². The first kappa shape index (κ1) is 10.8. The molecule has 0 saturated carbocycles. The molecule has 6 heteroatoms. The molecule has 0 unspecified atom stereocenters. The summed E-state index contributed by atoms with van der Waals surface area (Å²) >= 11 is 0. The van der Waals surface area contributed by atoms with Crippen molar-refractivity contribution < 1.29 is 14.1 Å². The van der Waals surface area contributed by atoms with Crippen LogP contribution in [0.4, 0.5) is 10.1 Å². The minimum atomic E-state index is -0.986. The van der Waals surface area contributed by atoms with Gasteiger partial charge >= 0.3 is 5.69 Å². The number of hydrogen-bond acceptors (Lipinski definition) is 3. The molecule has 0 aliphatic rings. The number of primary amides is 1. The van der Waals surface area contributed by atoms with Crippen molar-refractivity contribution in [3.05, 3.63) is 45.8 Å². The molecule has 0 aliphatic heterocycles. The maximum Gasteiger partial charge on any atom is 0.305 e. The third-order valence-electron chi connectivity index (χ3n) is 1.63. The molecule has 1 aromatic rings. The van der Waals surface area contributed by atoms with Crippen molar-refractivity contribution in [2.75, 3.05) is 0 Å². The fraction of sp³-hybridized carbons (Fsp3) is 0. The van der Waals surface area contributed by atoms with Crippen LogP contribution in [0.1, 0.15) is 5.56 Å². The average Bonchev–Trinajstić information content (AvgIpc) is 2.15. The summed E-state index contributed by atoms with van der Waals surface area (Å²) in [5, 5.41) is 10.4. The van der Waals surface area contributed by atoms with Crippen LogP contribution in [0.5, 0.6) is 0 Å². The van der Waals surface area contributed by atoms with Gasteiger partial charge in [-0.25, -0.2) is 0 Å². The molecule has 0 spiro atoms. The molecule has 0 radical (unpaired) electrons. The molecule has 78 valence electrons. The summed E-state index contributed by atoms with van der Waals surface area (Å²) < 4.78 is 13.3. The van der Waals surface area contributed by atoms with Crippen molar-refractivity contribution in [2.24, 2.45) is 5.73 Å². The molecule has 5 nitrogen and oxygen atoms in total. The number of rotatable bonds is 3. The van der Waals surface area contributed by atoms with Gasteiger partial charge in [-0.3, -0.25) is 14.9 Å². The Balaban J connectivity index is 3.15. The van der Waals surface area contributed by atoms with E-state index in [-0.39, 0.29) is 5.56 Å². The predicted molar refractivity (Wildman–Crippen MR) is 51.3 cm³/mol. The van der Waals surface area contributed by atoms with Gasteiger partial charge in [0.2, 0.25) is 11.7 Å². The van der Waals surface area contributed by atoms with Crippen LogP contribution in [0.2, 0.25) is 0 Å². The van der Waals surface area contributed by atoms with Crippen LogP contribution in [0.3, 0.4) is 0 Å². The Bertz CT molecular complexity index is 443. The highest BCUT2D eigenvalue weighted by Crippen LogP contribution is 2.20. The van der Waals surface area contributed by atoms with Gasteiger partial charge in [0.1, 0.15) is 0 Å². The van der Waals surface area contributed by atoms with Gasteiger partial charge in [-0.2, -0.15) is 4.39 Å². The number of benzene rings is 1. The number of carbonyl (C=O) groups is 1. The van der Waals surface area contributed by atoms with Gasteiger partial charge in [0.25, 0.3) is 0 Å². The molecule has 1 amide bonds. The summed E-state index contributed by atoms with van der Waals surface area (Å²) in [4.78, 5) is 19.9. The first-order valence-corrected chi connectivity index (χ1v) is 3.93. The molecule has 0 aliphatic carbocycles. The number of nitrogens with two attached hydrogens (primary N) is 1. The van der Waals surface area contributed by atoms with Gasteiger partial charge in [0.15, 0.2) is 0 Å². The van der Waals surface area contributed by atoms with E-state index in [1.54, 1.807) is 0 Å². The molecule has 2 N–H and O–H groups in total. The van der Waals surface area contributed by atoms with Crippen LogP contribution in [0.25, 0.3) is 6.08 Å². The Labute approximate surface area is 84.2 Å². The van der Waals surface area contributed by atoms with Crippen molar-refractivity contribution in [3.63, 3.8) is 0 Å². The maximum atomic E-state index is 13.3.